The quantitative estimate of drug-likeness (QED) is 0.169. The predicted octanol–water partition coefficient (Wildman–Crippen LogP) is 13.4. The van der Waals surface area contributed by atoms with E-state index in [2.05, 4.69) is 137 Å². The first-order valence-electron chi connectivity index (χ1n) is 18.4. The Labute approximate surface area is 330 Å². The number of thiophene rings is 2. The minimum atomic E-state index is 0.564. The van der Waals surface area contributed by atoms with Gasteiger partial charge in [0.15, 0.2) is 17.5 Å². The molecule has 0 amide bonds. The number of hydrogen-bond acceptors (Lipinski definition) is 7. The fourth-order valence-corrected chi connectivity index (χ4v) is 9.70. The molecule has 5 nitrogen and oxygen atoms in total. The molecule has 0 saturated carbocycles. The van der Waals surface area contributed by atoms with Crippen LogP contribution in [0.5, 0.6) is 0 Å². The van der Waals surface area contributed by atoms with Crippen LogP contribution >= 0.6 is 22.7 Å². The lowest BCUT2D eigenvalue weighted by molar-refractivity contribution is 1.07. The van der Waals surface area contributed by atoms with Crippen LogP contribution in [0.3, 0.4) is 0 Å². The Balaban J connectivity index is 1.13. The van der Waals surface area contributed by atoms with E-state index >= 15 is 0 Å². The molecule has 56 heavy (non-hydrogen) atoms. The summed E-state index contributed by atoms with van der Waals surface area (Å²) in [5.41, 5.74) is 9.14. The van der Waals surface area contributed by atoms with E-state index in [1.54, 1.807) is 18.6 Å². The number of fused-ring (bicyclic) bond motifs is 6. The smallest absolute Gasteiger partial charge is 0.165 e. The molecule has 0 radical (unpaired) electrons. The maximum Gasteiger partial charge on any atom is 0.165 e. The van der Waals surface area contributed by atoms with E-state index in [1.807, 2.05) is 53.1 Å². The second-order valence-electron chi connectivity index (χ2n) is 13.8. The third-order valence-corrected chi connectivity index (χ3v) is 12.6. The third-order valence-electron chi connectivity index (χ3n) is 10.3. The first kappa shape index (κ1) is 32.5. The van der Waals surface area contributed by atoms with Crippen LogP contribution in [0, 0.1) is 0 Å². The molecule has 0 atom stereocenters. The number of nitrogens with zero attached hydrogens (tertiary/aromatic N) is 5. The van der Waals surface area contributed by atoms with Gasteiger partial charge in [-0.3, -0.25) is 9.97 Å². The Morgan fingerprint density at radius 1 is 0.286 bits per heavy atom. The summed E-state index contributed by atoms with van der Waals surface area (Å²) in [6.45, 7) is 0. The topological polar surface area (TPSA) is 64.5 Å². The van der Waals surface area contributed by atoms with E-state index in [9.17, 15) is 0 Å². The van der Waals surface area contributed by atoms with Gasteiger partial charge >= 0.3 is 0 Å². The van der Waals surface area contributed by atoms with Crippen LogP contribution in [0.25, 0.3) is 108 Å². The molecule has 0 aliphatic heterocycles. The van der Waals surface area contributed by atoms with Gasteiger partial charge in [-0.15, -0.1) is 22.7 Å². The SMILES string of the molecule is c1cncc(-c2cccc(-c3nc(-c4cccnc4)nc(-c4cc(-c5ccc6sc7ccccc7c6c5)cc(-c5ccc6sc7ccccc7c6c5)c4)n3)c2)c1. The summed E-state index contributed by atoms with van der Waals surface area (Å²) in [5, 5.41) is 5.07. The zero-order valence-corrected chi connectivity index (χ0v) is 31.4. The summed E-state index contributed by atoms with van der Waals surface area (Å²) in [4.78, 5) is 24.1. The molecule has 5 aromatic heterocycles. The van der Waals surface area contributed by atoms with E-state index < -0.39 is 0 Å². The lowest BCUT2D eigenvalue weighted by Crippen LogP contribution is -2.01. The van der Waals surface area contributed by atoms with Crippen molar-refractivity contribution in [2.24, 2.45) is 0 Å². The van der Waals surface area contributed by atoms with Crippen LogP contribution in [0.2, 0.25) is 0 Å². The molecular weight excluding hydrogens is 723 g/mol. The summed E-state index contributed by atoms with van der Waals surface area (Å²) < 4.78 is 5.13. The van der Waals surface area contributed by atoms with Gasteiger partial charge in [0.2, 0.25) is 0 Å². The minimum absolute atomic E-state index is 0.564. The van der Waals surface area contributed by atoms with Crippen LogP contribution < -0.4 is 0 Å². The van der Waals surface area contributed by atoms with Crippen molar-refractivity contribution < 1.29 is 0 Å². The van der Waals surface area contributed by atoms with Gasteiger partial charge in [-0.1, -0.05) is 72.8 Å². The van der Waals surface area contributed by atoms with Crippen molar-refractivity contribution in [3.8, 4) is 67.5 Å². The molecule has 11 rings (SSSR count). The molecule has 7 heteroatoms. The number of rotatable bonds is 6. The molecule has 11 aromatic rings. The second-order valence-corrected chi connectivity index (χ2v) is 16.0. The van der Waals surface area contributed by atoms with Gasteiger partial charge in [-0.2, -0.15) is 0 Å². The van der Waals surface area contributed by atoms with Crippen LogP contribution in [0.4, 0.5) is 0 Å². The maximum absolute atomic E-state index is 5.21. The van der Waals surface area contributed by atoms with Gasteiger partial charge < -0.3 is 0 Å². The van der Waals surface area contributed by atoms with Crippen molar-refractivity contribution >= 4 is 63.0 Å². The fourth-order valence-electron chi connectivity index (χ4n) is 7.53. The van der Waals surface area contributed by atoms with E-state index in [-0.39, 0.29) is 0 Å². The van der Waals surface area contributed by atoms with Gasteiger partial charge in [0.05, 0.1) is 0 Å². The zero-order chi connectivity index (χ0) is 37.0. The fraction of sp³-hybridized carbons (Fsp3) is 0. The molecule has 0 N–H and O–H groups in total. The Bertz CT molecular complexity index is 3130. The monoisotopic (exact) mass is 751 g/mol. The highest BCUT2D eigenvalue weighted by atomic mass is 32.1. The molecule has 0 fully saturated rings. The summed E-state index contributed by atoms with van der Waals surface area (Å²) in [7, 11) is 0. The molecule has 262 valence electrons. The third kappa shape index (κ3) is 5.82. The molecule has 0 aliphatic carbocycles. The normalized spacial score (nSPS) is 11.6. The largest absolute Gasteiger partial charge is 0.264 e. The molecule has 0 spiro atoms. The van der Waals surface area contributed by atoms with E-state index in [0.717, 1.165) is 50.1 Å². The zero-order valence-electron chi connectivity index (χ0n) is 29.8. The van der Waals surface area contributed by atoms with Crippen LogP contribution in [-0.4, -0.2) is 24.9 Å². The van der Waals surface area contributed by atoms with E-state index in [4.69, 9.17) is 15.0 Å². The first-order chi connectivity index (χ1) is 27.7. The molecule has 0 aliphatic rings. The lowest BCUT2D eigenvalue weighted by Gasteiger charge is -2.13. The van der Waals surface area contributed by atoms with Gasteiger partial charge in [0, 0.05) is 87.4 Å². The van der Waals surface area contributed by atoms with Crippen molar-refractivity contribution in [2.45, 2.75) is 0 Å². The van der Waals surface area contributed by atoms with Gasteiger partial charge in [0.1, 0.15) is 0 Å². The maximum atomic E-state index is 5.21. The Hall–Kier alpha value is -6.93. The van der Waals surface area contributed by atoms with Crippen LogP contribution in [0.15, 0.2) is 176 Å². The second kappa shape index (κ2) is 13.4. The van der Waals surface area contributed by atoms with Crippen molar-refractivity contribution in [2.75, 3.05) is 0 Å². The number of hydrogen-bond donors (Lipinski definition) is 0. The van der Waals surface area contributed by atoms with E-state index in [0.29, 0.717) is 17.5 Å². The minimum Gasteiger partial charge on any atom is -0.264 e. The highest BCUT2D eigenvalue weighted by molar-refractivity contribution is 7.26. The molecule has 0 saturated heterocycles. The van der Waals surface area contributed by atoms with Crippen LogP contribution in [0.1, 0.15) is 0 Å². The van der Waals surface area contributed by atoms with Gasteiger partial charge in [0.25, 0.3) is 0 Å². The van der Waals surface area contributed by atoms with Crippen LogP contribution in [-0.2, 0) is 0 Å². The van der Waals surface area contributed by atoms with Crippen molar-refractivity contribution in [1.82, 2.24) is 24.9 Å². The lowest BCUT2D eigenvalue weighted by atomic mass is 9.94. The molecule has 0 bridgehead atoms. The first-order valence-corrected chi connectivity index (χ1v) is 20.0. The van der Waals surface area contributed by atoms with Crippen molar-refractivity contribution in [3.63, 3.8) is 0 Å². The Morgan fingerprint density at radius 2 is 0.732 bits per heavy atom. The van der Waals surface area contributed by atoms with Crippen molar-refractivity contribution in [3.05, 3.63) is 176 Å². The van der Waals surface area contributed by atoms with Gasteiger partial charge in [-0.25, -0.2) is 15.0 Å². The number of aromatic nitrogens is 5. The van der Waals surface area contributed by atoms with Gasteiger partial charge in [-0.05, 0) is 107 Å². The molecule has 0 unspecified atom stereocenters. The Morgan fingerprint density at radius 3 is 1.32 bits per heavy atom. The standard InChI is InChI=1S/C49H29N5S2/c1-3-14-43-39(12-1)41-26-31(16-18-45(41)55-43)36-23-37(32-17-19-46-42(27-32)40-13-2-4-15-44(40)56-46)25-38(24-36)49-53-47(52-48(54-49)35-11-7-21-51-29-35)33-9-5-8-30(22-33)34-10-6-20-50-28-34/h1-29H. The summed E-state index contributed by atoms with van der Waals surface area (Å²) in [5.74, 6) is 1.74. The predicted molar refractivity (Wildman–Crippen MR) is 234 cm³/mol. The van der Waals surface area contributed by atoms with E-state index in [1.165, 1.54) is 40.3 Å². The molecule has 5 heterocycles. The number of benzene rings is 6. The highest BCUT2D eigenvalue weighted by Crippen LogP contribution is 2.41. The molecular formula is C49H29N5S2. The Kier molecular flexibility index (Phi) is 7.79. The average molecular weight is 752 g/mol. The number of pyridine rings is 2. The summed E-state index contributed by atoms with van der Waals surface area (Å²) in [6, 6.07) is 53.9. The summed E-state index contributed by atoms with van der Waals surface area (Å²) >= 11 is 3.66. The van der Waals surface area contributed by atoms with Crippen molar-refractivity contribution in [1.29, 1.82) is 0 Å². The average Bonchev–Trinajstić information content (AvgIpc) is 3.84. The molecule has 6 aromatic carbocycles. The summed E-state index contributed by atoms with van der Waals surface area (Å²) in [6.07, 6.45) is 7.23. The highest BCUT2D eigenvalue weighted by Gasteiger charge is 2.17.